The van der Waals surface area contributed by atoms with Gasteiger partial charge < -0.3 is 39.4 Å². The van der Waals surface area contributed by atoms with E-state index >= 15 is 0 Å². The van der Waals surface area contributed by atoms with E-state index < -0.39 is 36.4 Å². The maximum absolute atomic E-state index is 12.0. The Morgan fingerprint density at radius 1 is 1.06 bits per heavy atom. The van der Waals surface area contributed by atoms with Crippen molar-refractivity contribution in [3.05, 3.63) is 11.6 Å². The normalized spacial score (nSPS) is 29.7. The second kappa shape index (κ2) is 16.8. The molecule has 2 rings (SSSR count). The van der Waals surface area contributed by atoms with Crippen molar-refractivity contribution in [1.29, 1.82) is 0 Å². The molecular formula is C26H43LiO9. The summed E-state index contributed by atoms with van der Waals surface area (Å²) in [7, 11) is 0. The predicted molar refractivity (Wildman–Crippen MR) is 126 cm³/mol. The van der Waals surface area contributed by atoms with E-state index in [1.807, 2.05) is 6.92 Å². The van der Waals surface area contributed by atoms with Crippen LogP contribution in [0.2, 0.25) is 0 Å². The van der Waals surface area contributed by atoms with Crippen LogP contribution in [0.15, 0.2) is 11.6 Å². The van der Waals surface area contributed by atoms with Crippen LogP contribution in [0.5, 0.6) is 0 Å². The van der Waals surface area contributed by atoms with E-state index in [4.69, 9.17) is 14.2 Å². The molecule has 0 radical (unpaired) electrons. The van der Waals surface area contributed by atoms with Gasteiger partial charge in [-0.1, -0.05) is 38.2 Å². The quantitative estimate of drug-likeness (QED) is 0.0729. The van der Waals surface area contributed by atoms with Gasteiger partial charge in [-0.2, -0.15) is 0 Å². The molecule has 0 amide bonds. The van der Waals surface area contributed by atoms with Crippen LogP contribution in [0.25, 0.3) is 0 Å². The second-order valence-electron chi connectivity index (χ2n) is 10.2. The number of hydrogen-bond acceptors (Lipinski definition) is 9. The number of rotatable bonds is 16. The summed E-state index contributed by atoms with van der Waals surface area (Å²) in [4.78, 5) is 22.4. The number of hydrogen-bond donors (Lipinski definition) is 3. The van der Waals surface area contributed by atoms with Crippen LogP contribution >= 0.6 is 0 Å². The van der Waals surface area contributed by atoms with Gasteiger partial charge in [0.25, 0.3) is 0 Å². The maximum Gasteiger partial charge on any atom is 1.00 e. The molecule has 8 atom stereocenters. The number of aliphatic carboxylic acids is 1. The Morgan fingerprint density at radius 3 is 2.33 bits per heavy atom. The number of unbranched alkanes of at least 4 members (excludes halogenated alkanes) is 5. The van der Waals surface area contributed by atoms with E-state index in [-0.39, 0.29) is 49.3 Å². The van der Waals surface area contributed by atoms with Crippen molar-refractivity contribution >= 4 is 11.9 Å². The zero-order valence-corrected chi connectivity index (χ0v) is 22.3. The molecule has 0 unspecified atom stereocenters. The summed E-state index contributed by atoms with van der Waals surface area (Å²) in [5.41, 5.74) is 0.703. The number of ether oxygens (including phenoxy) is 3. The van der Waals surface area contributed by atoms with Gasteiger partial charge >= 0.3 is 24.8 Å². The second-order valence-corrected chi connectivity index (χ2v) is 10.2. The van der Waals surface area contributed by atoms with Crippen molar-refractivity contribution in [3.63, 3.8) is 0 Å². The van der Waals surface area contributed by atoms with E-state index in [2.05, 4.69) is 0 Å². The van der Waals surface area contributed by atoms with E-state index in [1.54, 1.807) is 13.8 Å². The van der Waals surface area contributed by atoms with Crippen LogP contribution in [0, 0.1) is 11.8 Å². The summed E-state index contributed by atoms with van der Waals surface area (Å²) in [6.45, 7) is 6.05. The Kier molecular flexibility index (Phi) is 15.5. The van der Waals surface area contributed by atoms with Gasteiger partial charge in [0.1, 0.15) is 6.10 Å². The molecule has 2 saturated heterocycles. The molecule has 36 heavy (non-hydrogen) atoms. The first-order valence-corrected chi connectivity index (χ1v) is 12.9. The molecule has 0 spiro atoms. The average Bonchev–Trinajstić information content (AvgIpc) is 3.55. The van der Waals surface area contributed by atoms with Crippen LogP contribution in [0.4, 0.5) is 0 Å². The monoisotopic (exact) mass is 506 g/mol. The molecule has 0 aromatic rings. The Morgan fingerprint density at radius 2 is 1.69 bits per heavy atom. The first kappa shape index (κ1) is 33.1. The topological polar surface area (TPSA) is 149 Å². The summed E-state index contributed by atoms with van der Waals surface area (Å²) in [6.07, 6.45) is 4.29. The molecule has 0 aromatic heterocycles. The predicted octanol–water partition coefficient (Wildman–Crippen LogP) is -1.74. The Bertz CT molecular complexity index is 699. The molecule has 2 aliphatic heterocycles. The molecule has 10 heteroatoms. The molecule has 2 heterocycles. The van der Waals surface area contributed by atoms with Gasteiger partial charge in [0.05, 0.1) is 43.7 Å². The molecule has 3 N–H and O–H groups in total. The third-order valence-electron chi connectivity index (χ3n) is 7.08. The van der Waals surface area contributed by atoms with E-state index in [1.165, 1.54) is 6.08 Å². The largest absolute Gasteiger partial charge is 1.00 e. The summed E-state index contributed by atoms with van der Waals surface area (Å²) < 4.78 is 16.7. The minimum atomic E-state index is -1.06. The molecule has 2 fully saturated rings. The standard InChI is InChI=1S/C26H44O9.Li/c1-16(13-23(30)33-11-9-7-5-4-6-8-10-22(28)29)12-20-25(32)24(31)19(15-34-20)14-21-26(35-21)17(2)18(3)27;/h13,17-21,24-27,31-32H,4-12,14-15H2,1-3H3,(H,28,29);/q;+1/p-1/b16-13+;/t17-,18-,19-,20-,21+,24+,25-,26-;/m0./s1. The fourth-order valence-electron chi connectivity index (χ4n) is 4.58. The van der Waals surface area contributed by atoms with Gasteiger partial charge in [-0.05, 0) is 46.0 Å². The Labute approximate surface area is 226 Å². The molecule has 0 bridgehead atoms. The maximum atomic E-state index is 12.0. The molecule has 2 aliphatic rings. The number of carboxylic acid groups (broad SMARTS) is 1. The molecular weight excluding hydrogens is 463 g/mol. The van der Waals surface area contributed by atoms with Gasteiger partial charge in [-0.15, -0.1) is 0 Å². The fraction of sp³-hybridized carbons (Fsp3) is 0.846. The molecule has 9 nitrogen and oxygen atoms in total. The minimum Gasteiger partial charge on any atom is -0.550 e. The Hall–Kier alpha value is -0.923. The molecule has 0 saturated carbocycles. The number of carbonyl (C=O) groups excluding carboxylic acids is 2. The van der Waals surface area contributed by atoms with Crippen LogP contribution in [0.1, 0.15) is 78.6 Å². The van der Waals surface area contributed by atoms with Crippen molar-refractivity contribution in [2.75, 3.05) is 13.2 Å². The first-order chi connectivity index (χ1) is 16.6. The summed E-state index contributed by atoms with van der Waals surface area (Å²) >= 11 is 0. The van der Waals surface area contributed by atoms with E-state index in [0.29, 0.717) is 38.0 Å². The first-order valence-electron chi connectivity index (χ1n) is 12.9. The number of aliphatic hydroxyl groups excluding tert-OH is 3. The third-order valence-corrected chi connectivity index (χ3v) is 7.08. The zero-order valence-electron chi connectivity index (χ0n) is 22.3. The molecule has 202 valence electrons. The summed E-state index contributed by atoms with van der Waals surface area (Å²) in [5, 5.41) is 41.2. The Balaban J connectivity index is 0.00000648. The average molecular weight is 507 g/mol. The van der Waals surface area contributed by atoms with Crippen LogP contribution in [0.3, 0.4) is 0 Å². The smallest absolute Gasteiger partial charge is 0.550 e. The third kappa shape index (κ3) is 11.6. The van der Waals surface area contributed by atoms with E-state index in [0.717, 1.165) is 32.1 Å². The van der Waals surface area contributed by atoms with Gasteiger partial charge in [-0.3, -0.25) is 0 Å². The van der Waals surface area contributed by atoms with Crippen LogP contribution < -0.4 is 24.0 Å². The fourth-order valence-corrected chi connectivity index (χ4v) is 4.58. The number of carboxylic acids is 1. The van der Waals surface area contributed by atoms with Crippen LogP contribution in [-0.4, -0.2) is 77.1 Å². The number of carbonyl (C=O) groups is 2. The number of aliphatic hydroxyl groups is 3. The van der Waals surface area contributed by atoms with Gasteiger partial charge in [0, 0.05) is 23.9 Å². The van der Waals surface area contributed by atoms with Crippen molar-refractivity contribution < 1.29 is 63.1 Å². The number of epoxide rings is 1. The van der Waals surface area contributed by atoms with Crippen molar-refractivity contribution in [2.24, 2.45) is 11.8 Å². The van der Waals surface area contributed by atoms with Gasteiger partial charge in [-0.25, -0.2) is 4.79 Å². The van der Waals surface area contributed by atoms with Crippen molar-refractivity contribution in [1.82, 2.24) is 0 Å². The van der Waals surface area contributed by atoms with Crippen molar-refractivity contribution in [2.45, 2.75) is 115 Å². The van der Waals surface area contributed by atoms with Gasteiger partial charge in [0.2, 0.25) is 0 Å². The minimum absolute atomic E-state index is 0. The zero-order chi connectivity index (χ0) is 26.0. The van der Waals surface area contributed by atoms with Gasteiger partial charge in [0.15, 0.2) is 0 Å². The SMILES string of the molecule is C/C(=C\C(=O)OCCCCCCCCC(=O)[O-])C[C@@H]1OC[C@H](C[C@H]2O[C@H]2[C@@H](C)[C@H](C)O)[C@@H](O)[C@H]1O.[Li+]. The van der Waals surface area contributed by atoms with E-state index in [9.17, 15) is 30.0 Å². The van der Waals surface area contributed by atoms with Crippen LogP contribution in [-0.2, 0) is 23.8 Å². The number of esters is 1. The van der Waals surface area contributed by atoms with Crippen molar-refractivity contribution in [3.8, 4) is 0 Å². The molecule has 0 aromatic carbocycles. The summed E-state index contributed by atoms with van der Waals surface area (Å²) in [5.74, 6) is -1.68. The summed E-state index contributed by atoms with van der Waals surface area (Å²) in [6, 6.07) is 0. The molecule has 0 aliphatic carbocycles.